The number of benzene rings is 2. The van der Waals surface area contributed by atoms with Gasteiger partial charge in [0.25, 0.3) is 5.91 Å². The van der Waals surface area contributed by atoms with Crippen LogP contribution in [-0.4, -0.2) is 31.4 Å². The van der Waals surface area contributed by atoms with Crippen LogP contribution in [0.25, 0.3) is 0 Å². The van der Waals surface area contributed by atoms with Gasteiger partial charge in [0.1, 0.15) is 18.2 Å². The predicted molar refractivity (Wildman–Crippen MR) is 96.3 cm³/mol. The summed E-state index contributed by atoms with van der Waals surface area (Å²) in [5.74, 6) is -0.102. The fourth-order valence-corrected chi connectivity index (χ4v) is 5.02. The maximum absolute atomic E-state index is 12.9. The Kier molecular flexibility index (Phi) is 5.00. The van der Waals surface area contributed by atoms with Crippen LogP contribution in [0, 0.1) is 5.82 Å². The Labute approximate surface area is 152 Å². The van der Waals surface area contributed by atoms with Crippen molar-refractivity contribution in [2.45, 2.75) is 25.5 Å². The quantitative estimate of drug-likeness (QED) is 0.870. The maximum atomic E-state index is 12.9. The zero-order chi connectivity index (χ0) is 18.8. The van der Waals surface area contributed by atoms with Gasteiger partial charge in [0, 0.05) is 5.56 Å². The van der Waals surface area contributed by atoms with Gasteiger partial charge in [-0.05, 0) is 49.2 Å². The second-order valence-corrected chi connectivity index (χ2v) is 8.98. The topological polar surface area (TPSA) is 72.5 Å². The van der Waals surface area contributed by atoms with Gasteiger partial charge >= 0.3 is 0 Å². The van der Waals surface area contributed by atoms with E-state index in [1.807, 2.05) is 0 Å². The Hall–Kier alpha value is -2.41. The summed E-state index contributed by atoms with van der Waals surface area (Å²) in [5.41, 5.74) is 0.456. The van der Waals surface area contributed by atoms with Crippen molar-refractivity contribution in [3.05, 3.63) is 65.5 Å². The lowest BCUT2D eigenvalue weighted by molar-refractivity contribution is 0.0915. The Balaban J connectivity index is 1.65. The molecule has 0 radical (unpaired) electrons. The molecule has 2 aromatic rings. The van der Waals surface area contributed by atoms with Crippen molar-refractivity contribution in [3.63, 3.8) is 0 Å². The van der Waals surface area contributed by atoms with Gasteiger partial charge in [0.2, 0.25) is 0 Å². The Morgan fingerprint density at radius 1 is 1.23 bits per heavy atom. The monoisotopic (exact) mass is 377 g/mol. The van der Waals surface area contributed by atoms with E-state index in [9.17, 15) is 17.6 Å². The molecular weight excluding hydrogens is 357 g/mol. The highest BCUT2D eigenvalue weighted by Gasteiger charge is 2.39. The van der Waals surface area contributed by atoms with Crippen molar-refractivity contribution >= 4 is 15.7 Å². The summed E-state index contributed by atoms with van der Waals surface area (Å²) in [6.07, 6.45) is 0.405. The predicted octanol–water partition coefficient (Wildman–Crippen LogP) is 2.71. The van der Waals surface area contributed by atoms with Gasteiger partial charge in [-0.3, -0.25) is 4.79 Å². The van der Waals surface area contributed by atoms with Crippen molar-refractivity contribution < 1.29 is 22.3 Å². The van der Waals surface area contributed by atoms with Crippen LogP contribution < -0.4 is 10.1 Å². The minimum Gasteiger partial charge on any atom is -0.489 e. The fourth-order valence-electron chi connectivity index (χ4n) is 2.93. The van der Waals surface area contributed by atoms with Crippen LogP contribution in [0.1, 0.15) is 29.3 Å². The molecule has 3 rings (SSSR count). The first-order valence-corrected chi connectivity index (χ1v) is 10.1. The number of halogens is 1. The van der Waals surface area contributed by atoms with E-state index in [-0.39, 0.29) is 29.8 Å². The standard InChI is InChI=1S/C19H20FNO4S/c1-19(9-10-26(23,24)13-19)21-18(22)15-3-2-4-17(11-15)25-12-14-5-7-16(20)8-6-14/h2-8,11H,9-10,12-13H2,1H3,(H,21,22)/t19-/m0/s1. The molecule has 7 heteroatoms. The van der Waals surface area contributed by atoms with Crippen LogP contribution in [0.15, 0.2) is 48.5 Å². The number of amides is 1. The number of ether oxygens (including phenoxy) is 1. The number of sulfone groups is 1. The first kappa shape index (κ1) is 18.4. The molecular formula is C19H20FNO4S. The summed E-state index contributed by atoms with van der Waals surface area (Å²) in [6.45, 7) is 1.99. The van der Waals surface area contributed by atoms with Crippen LogP contribution in [0.5, 0.6) is 5.75 Å². The molecule has 0 aromatic heterocycles. The van der Waals surface area contributed by atoms with Crippen molar-refractivity contribution in [1.82, 2.24) is 5.32 Å². The average molecular weight is 377 g/mol. The lowest BCUT2D eigenvalue weighted by atomic mass is 10.0. The molecule has 26 heavy (non-hydrogen) atoms. The molecule has 0 unspecified atom stereocenters. The highest BCUT2D eigenvalue weighted by Crippen LogP contribution is 2.24. The number of carbonyl (C=O) groups excluding carboxylic acids is 1. The number of rotatable bonds is 5. The van der Waals surface area contributed by atoms with Crippen molar-refractivity contribution in [1.29, 1.82) is 0 Å². The molecule has 2 aromatic carbocycles. The molecule has 1 aliphatic rings. The molecule has 5 nitrogen and oxygen atoms in total. The summed E-state index contributed by atoms with van der Waals surface area (Å²) in [4.78, 5) is 12.5. The Bertz CT molecular complexity index is 911. The van der Waals surface area contributed by atoms with Gasteiger partial charge in [-0.1, -0.05) is 18.2 Å². The van der Waals surface area contributed by atoms with Gasteiger partial charge in [0.15, 0.2) is 9.84 Å². The average Bonchev–Trinajstić information content (AvgIpc) is 2.87. The molecule has 1 N–H and O–H groups in total. The van der Waals surface area contributed by atoms with Crippen molar-refractivity contribution in [3.8, 4) is 5.75 Å². The summed E-state index contributed by atoms with van der Waals surface area (Å²) in [6, 6.07) is 12.7. The van der Waals surface area contributed by atoms with E-state index in [0.29, 0.717) is 17.7 Å². The first-order valence-electron chi connectivity index (χ1n) is 8.25. The van der Waals surface area contributed by atoms with Crippen LogP contribution in [0.2, 0.25) is 0 Å². The smallest absolute Gasteiger partial charge is 0.251 e. The third-order valence-corrected chi connectivity index (χ3v) is 6.24. The summed E-state index contributed by atoms with van der Waals surface area (Å²) in [5, 5.41) is 2.82. The van der Waals surface area contributed by atoms with Crippen LogP contribution >= 0.6 is 0 Å². The SMILES string of the molecule is C[C@]1(NC(=O)c2cccc(OCc3ccc(F)cc3)c2)CCS(=O)(=O)C1. The minimum absolute atomic E-state index is 0.0491. The molecule has 1 fully saturated rings. The maximum Gasteiger partial charge on any atom is 0.251 e. The number of hydrogen-bond donors (Lipinski definition) is 1. The van der Waals surface area contributed by atoms with Crippen molar-refractivity contribution in [2.75, 3.05) is 11.5 Å². The Morgan fingerprint density at radius 3 is 2.62 bits per heavy atom. The van der Waals surface area contributed by atoms with E-state index in [2.05, 4.69) is 5.32 Å². The molecule has 138 valence electrons. The van der Waals surface area contributed by atoms with E-state index in [1.165, 1.54) is 12.1 Å². The molecule has 0 saturated carbocycles. The summed E-state index contributed by atoms with van der Waals surface area (Å²) < 4.78 is 41.9. The van der Waals surface area contributed by atoms with E-state index in [1.54, 1.807) is 43.3 Å². The van der Waals surface area contributed by atoms with Gasteiger partial charge < -0.3 is 10.1 Å². The van der Waals surface area contributed by atoms with Gasteiger partial charge in [-0.25, -0.2) is 12.8 Å². The zero-order valence-corrected chi connectivity index (χ0v) is 15.2. The fraction of sp³-hybridized carbons (Fsp3) is 0.316. The normalized spacial score (nSPS) is 21.3. The Morgan fingerprint density at radius 2 is 1.96 bits per heavy atom. The summed E-state index contributed by atoms with van der Waals surface area (Å²) >= 11 is 0. The molecule has 1 heterocycles. The second-order valence-electron chi connectivity index (χ2n) is 6.80. The highest BCUT2D eigenvalue weighted by atomic mass is 32.2. The number of hydrogen-bond acceptors (Lipinski definition) is 4. The van der Waals surface area contributed by atoms with Gasteiger partial charge in [-0.2, -0.15) is 0 Å². The molecule has 1 amide bonds. The van der Waals surface area contributed by atoms with Crippen molar-refractivity contribution in [2.24, 2.45) is 0 Å². The van der Waals surface area contributed by atoms with E-state index >= 15 is 0 Å². The van der Waals surface area contributed by atoms with E-state index in [0.717, 1.165) is 5.56 Å². The third kappa shape index (κ3) is 4.60. The summed E-state index contributed by atoms with van der Waals surface area (Å²) in [7, 11) is -3.10. The van der Waals surface area contributed by atoms with Crippen LogP contribution in [0.3, 0.4) is 0 Å². The van der Waals surface area contributed by atoms with Crippen LogP contribution in [-0.2, 0) is 16.4 Å². The second kappa shape index (κ2) is 7.07. The van der Waals surface area contributed by atoms with Gasteiger partial charge in [0.05, 0.1) is 17.0 Å². The third-order valence-electron chi connectivity index (χ3n) is 4.33. The van der Waals surface area contributed by atoms with Gasteiger partial charge in [-0.15, -0.1) is 0 Å². The first-order chi connectivity index (χ1) is 12.2. The molecule has 0 spiro atoms. The molecule has 1 saturated heterocycles. The highest BCUT2D eigenvalue weighted by molar-refractivity contribution is 7.91. The lowest BCUT2D eigenvalue weighted by Gasteiger charge is -2.24. The minimum atomic E-state index is -3.10. The molecule has 0 aliphatic carbocycles. The molecule has 1 aliphatic heterocycles. The van der Waals surface area contributed by atoms with E-state index < -0.39 is 15.4 Å². The number of carbonyl (C=O) groups is 1. The lowest BCUT2D eigenvalue weighted by Crippen LogP contribution is -2.46. The molecule has 1 atom stereocenters. The van der Waals surface area contributed by atoms with E-state index in [4.69, 9.17) is 4.74 Å². The molecule has 0 bridgehead atoms. The number of nitrogens with one attached hydrogen (secondary N) is 1. The zero-order valence-electron chi connectivity index (χ0n) is 14.4. The largest absolute Gasteiger partial charge is 0.489 e. The van der Waals surface area contributed by atoms with Crippen LogP contribution in [0.4, 0.5) is 4.39 Å².